The Morgan fingerprint density at radius 2 is 0.750 bits per heavy atom. The minimum atomic E-state index is -1.35. The molecule has 0 aliphatic carbocycles. The molecule has 0 aliphatic heterocycles. The van der Waals surface area contributed by atoms with E-state index in [-0.39, 0.29) is 44.8 Å². The minimum absolute atomic E-state index is 0. The molecule has 5 N–H and O–H groups in total. The van der Waals surface area contributed by atoms with Crippen molar-refractivity contribution in [1.29, 1.82) is 0 Å². The molecule has 0 radical (unpaired) electrons. The number of halogens is 2. The van der Waals surface area contributed by atoms with Crippen LogP contribution in [0.15, 0.2) is 260 Å². The van der Waals surface area contributed by atoms with Gasteiger partial charge in [-0.15, -0.1) is 0 Å². The molecule has 34 heteroatoms. The van der Waals surface area contributed by atoms with E-state index in [1.54, 1.807) is 91.4 Å². The fourth-order valence-corrected chi connectivity index (χ4v) is 15.6. The zero-order valence-electron chi connectivity index (χ0n) is 85.6. The average Bonchev–Trinajstić information content (AvgIpc) is 1.58. The Balaban J connectivity index is 0.000000355. The number of anilines is 2. The largest absolute Gasteiger partial charge is 0.495 e. The van der Waals surface area contributed by atoms with Crippen molar-refractivity contribution in [2.45, 2.75) is 90.5 Å². The number of methoxy groups -OCH3 is 6. The van der Waals surface area contributed by atoms with Gasteiger partial charge < -0.3 is 49.5 Å². The van der Waals surface area contributed by atoms with Gasteiger partial charge in [-0.2, -0.15) is 4.39 Å². The number of nitrogens with zero attached hydrogens (tertiary/aromatic N) is 14. The molecule has 17 aromatic rings. The van der Waals surface area contributed by atoms with E-state index in [1.807, 2.05) is 192 Å². The van der Waals surface area contributed by atoms with Crippen LogP contribution in [0.1, 0.15) is 91.1 Å². The second-order valence-electron chi connectivity index (χ2n) is 30.6. The third-order valence-electron chi connectivity index (χ3n) is 21.3. The van der Waals surface area contributed by atoms with Gasteiger partial charge in [-0.3, -0.25) is 57.8 Å². The summed E-state index contributed by atoms with van der Waals surface area (Å²) in [6, 6.07) is 70.7. The topological polar surface area (TPSA) is 382 Å². The van der Waals surface area contributed by atoms with Crippen LogP contribution >= 0.6 is 15.9 Å². The van der Waals surface area contributed by atoms with Gasteiger partial charge in [-0.1, -0.05) is 171 Å². The van der Waals surface area contributed by atoms with Crippen LogP contribution < -0.4 is 44.9 Å². The Morgan fingerprint density at radius 3 is 1.15 bits per heavy atom. The number of nitrogens with two attached hydrogens (primary N) is 1. The highest BCUT2D eigenvalue weighted by Gasteiger charge is 2.29. The number of ether oxygens (including phenoxy) is 6. The van der Waals surface area contributed by atoms with E-state index in [0.717, 1.165) is 130 Å². The van der Waals surface area contributed by atoms with E-state index in [1.165, 1.54) is 51.5 Å². The Labute approximate surface area is 810 Å². The number of nitrogens with one attached hydrogen (secondary N) is 1. The number of carbonyl (C=O) groups is 1. The molecule has 0 saturated heterocycles. The normalized spacial score (nSPS) is 10.7. The van der Waals surface area contributed by atoms with Crippen molar-refractivity contribution in [3.63, 3.8) is 0 Å². The number of nitro groups is 3. The second-order valence-corrected chi connectivity index (χ2v) is 31.3. The molecular formula is C102H117BBrFN16O15. The molecule has 0 aliphatic rings. The molecule has 6 heterocycles. The molecule has 0 atom stereocenters. The molecule has 17 rings (SSSR count). The highest BCUT2D eigenvalue weighted by Crippen LogP contribution is 2.41. The van der Waals surface area contributed by atoms with Crippen LogP contribution in [0.3, 0.4) is 0 Å². The average molecular weight is 1930 g/mol. The quantitative estimate of drug-likeness (QED) is 0.0253. The fourth-order valence-electron chi connectivity index (χ4n) is 15.0. The summed E-state index contributed by atoms with van der Waals surface area (Å²) in [5.74, 6) is 4.71. The SMILES string of the molecule is C.COc1cccc(-n2cc(C)nc2-c2ccccc2C)c1N.COc1cccc(-n2cc(C)nc2-c2ccccc2C)c1NC(C)=O.COc1cccc(-n2cc(C)nc2-c2ccccc2C)c1[N+](=O)[O-].COc1cccc(-n2cc(C)nc2Br)c1[N+](=O)[O-].COc1cccc(F)c1[N+](=O)[O-].COc1cccc2c1nc(C)c1c(C)nc(-c3ccccc3C)n12.Cc1ccccc1B(O)O.[2HH].[2HH].[2H][2H].[2H][2H].[2H][2H].[2H][2H]. The van der Waals surface area contributed by atoms with Crippen molar-refractivity contribution in [3.8, 4) is 103 Å². The molecule has 11 aromatic carbocycles. The van der Waals surface area contributed by atoms with Gasteiger partial charge in [0.05, 0.1) is 120 Å². The van der Waals surface area contributed by atoms with Gasteiger partial charge in [0.15, 0.2) is 22.0 Å². The summed E-state index contributed by atoms with van der Waals surface area (Å²) >= 11 is 3.27. The van der Waals surface area contributed by atoms with Gasteiger partial charge in [0.1, 0.15) is 63.1 Å². The van der Waals surface area contributed by atoms with Crippen LogP contribution in [-0.4, -0.2) is 133 Å². The molecule has 136 heavy (non-hydrogen) atoms. The fraction of sp³-hybridized carbons (Fsp3) is 0.186. The summed E-state index contributed by atoms with van der Waals surface area (Å²) in [7, 11) is 7.62. The molecule has 6 aromatic heterocycles. The third kappa shape index (κ3) is 23.3. The van der Waals surface area contributed by atoms with Gasteiger partial charge in [-0.05, 0) is 193 Å². The molecule has 0 saturated carbocycles. The van der Waals surface area contributed by atoms with Crippen LogP contribution in [-0.2, 0) is 4.79 Å². The lowest BCUT2D eigenvalue weighted by Crippen LogP contribution is -2.31. The number of aromatic nitrogens is 11. The van der Waals surface area contributed by atoms with Gasteiger partial charge in [0.2, 0.25) is 11.7 Å². The number of nitro benzene ring substituents is 3. The summed E-state index contributed by atoms with van der Waals surface area (Å²) in [5.41, 5.74) is 27.7. The first-order chi connectivity index (χ1) is 68.7. The van der Waals surface area contributed by atoms with Gasteiger partial charge >= 0.3 is 24.2 Å². The molecular weight excluding hydrogens is 1800 g/mol. The molecule has 1 amide bonds. The number of nitrogen functional groups attached to an aromatic ring is 1. The predicted molar refractivity (Wildman–Crippen MR) is 546 cm³/mol. The maximum absolute atomic E-state index is 12.8. The number of fused-ring (bicyclic) bond motifs is 3. The van der Waals surface area contributed by atoms with E-state index >= 15 is 0 Å². The lowest BCUT2D eigenvalue weighted by atomic mass is 9.77. The molecule has 0 bridgehead atoms. The van der Waals surface area contributed by atoms with Crippen LogP contribution in [0, 0.1) is 112 Å². The molecule has 712 valence electrons. The van der Waals surface area contributed by atoms with Crippen LogP contribution in [0.2, 0.25) is 0 Å². The van der Waals surface area contributed by atoms with Crippen molar-refractivity contribution in [1.82, 2.24) is 52.6 Å². The van der Waals surface area contributed by atoms with Crippen LogP contribution in [0.5, 0.6) is 34.5 Å². The lowest BCUT2D eigenvalue weighted by Gasteiger charge is -2.17. The van der Waals surface area contributed by atoms with E-state index in [0.29, 0.717) is 50.3 Å². The third-order valence-corrected chi connectivity index (χ3v) is 21.9. The monoisotopic (exact) mass is 1920 g/mol. The highest BCUT2D eigenvalue weighted by molar-refractivity contribution is 9.10. The van der Waals surface area contributed by atoms with E-state index < -0.39 is 33.4 Å². The van der Waals surface area contributed by atoms with E-state index in [4.69, 9.17) is 66.3 Å². The molecule has 0 unspecified atom stereocenters. The number of benzene rings is 11. The first-order valence-electron chi connectivity index (χ1n) is 46.0. The minimum Gasteiger partial charge on any atom is -0.495 e. The zero-order chi connectivity index (χ0) is 106. The second kappa shape index (κ2) is 46.3. The Morgan fingerprint density at radius 1 is 0.412 bits per heavy atom. The number of para-hydroxylation sites is 6. The van der Waals surface area contributed by atoms with Crippen molar-refractivity contribution in [2.75, 3.05) is 53.7 Å². The van der Waals surface area contributed by atoms with Crippen molar-refractivity contribution in [3.05, 3.63) is 358 Å². The first kappa shape index (κ1) is 95.9. The maximum atomic E-state index is 12.8. The van der Waals surface area contributed by atoms with Crippen molar-refractivity contribution < 1.29 is 77.2 Å². The summed E-state index contributed by atoms with van der Waals surface area (Å²) in [5, 5.41) is 53.4. The summed E-state index contributed by atoms with van der Waals surface area (Å²) in [4.78, 5) is 70.8. The van der Waals surface area contributed by atoms with Crippen molar-refractivity contribution >= 4 is 79.4 Å². The number of amides is 1. The summed E-state index contributed by atoms with van der Waals surface area (Å²) in [6.45, 7) is 23.2. The smallest absolute Gasteiger partial charge is 0.488 e. The Kier molecular flexibility index (Phi) is 32.6. The number of imidazole rings is 5. The number of hydrogen-bond donors (Lipinski definition) is 4. The summed E-state index contributed by atoms with van der Waals surface area (Å²) < 4.78 is 93.9. The van der Waals surface area contributed by atoms with Gasteiger partial charge in [-0.25, -0.2) is 29.9 Å². The number of rotatable bonds is 19. The first-order valence-corrected chi connectivity index (χ1v) is 42.8. The zero-order valence-corrected chi connectivity index (χ0v) is 79.2. The summed E-state index contributed by atoms with van der Waals surface area (Å²) in [6.07, 6.45) is 7.46. The van der Waals surface area contributed by atoms with Gasteiger partial charge in [0.25, 0.3) is 0 Å². The maximum Gasteiger partial charge on any atom is 0.488 e. The molecule has 0 fully saturated rings. The molecule has 31 nitrogen and oxygen atoms in total. The Bertz CT molecular complexity index is 7230. The predicted octanol–water partition coefficient (Wildman–Crippen LogP) is 22.8. The lowest BCUT2D eigenvalue weighted by molar-refractivity contribution is -0.388. The van der Waals surface area contributed by atoms with E-state index in [9.17, 15) is 39.5 Å². The van der Waals surface area contributed by atoms with Crippen molar-refractivity contribution in [2.24, 2.45) is 0 Å². The van der Waals surface area contributed by atoms with Crippen LogP contribution in [0.4, 0.5) is 32.8 Å². The number of aryl methyl sites for hydroxylation is 11. The molecule has 0 spiro atoms. The van der Waals surface area contributed by atoms with Crippen LogP contribution in [0.25, 0.3) is 84.9 Å². The number of carbonyl (C=O) groups excluding carboxylic acids is 1. The number of hydrogen-bond acceptors (Lipinski definition) is 22. The highest BCUT2D eigenvalue weighted by atomic mass is 79.9. The Hall–Kier alpha value is -16.2. The van der Waals surface area contributed by atoms with Gasteiger partial charge in [0, 0.05) is 68.7 Å². The van der Waals surface area contributed by atoms with E-state index in [2.05, 4.69) is 115 Å². The standard InChI is InChI=1S/C20H21N3O2.C20H19N3O.C18H17N3O3.C18H19N3O.C11H10BrN3O3.C7H9BO2.C7H6FNO3.CH4.6H2/c1-13-8-5-6-9-16(13)20-21-14(2)12-23(20)17-10-7-11-18(25-4)19(17)22-15(3)24;1-12-8-5-6-9-15(12)20-22-14(3)19-13(2)21-18-16(23(19)20)10-7-11-17(18)24-4;1-12-7-4-5-8-14(12)18-19-13(2)11-20(18)15-9-6-10-16(24-3)17(15)21(22)23;1-12-7-4-5-8-14(12)18-20-13(2)11-21(18)15-9-6-10-16(22-3)17(15)19;1-7-6-14(11(12)13-7)8-4-3-5-9(18-2)10(8)15(16)17;1-6-4-2-3-5-7(6)8(9)10;1-12-6-4-2-3-5(8)7(6)9(10)11;;;;;;;/h5-12H,1-4H3,(H,22,24);5-11H,1-4H3;4-11H,1-3H3;4-11H,19H2,1-3H3;3-6H,1-2H3;2-5,9-10H,1H3;2-4H,1H3;1H4;6*1H/i;;;;;;;;4*1+1D;2*1+1.